The average Bonchev–Trinajstić information content (AvgIpc) is 2.82. The standard InChI is InChI=1S/C30H33NO2/c1-4-5-6-10-17-31-20-23-13-15-25(16-14-23)29-21(2)18-27-30(22(29)3)26(19-28(32)33-27)24-11-8-7-9-12-24/h7-9,11-16,18-19,31H,4-6,10,17,20H2,1-3H3. The van der Waals surface area contributed by atoms with Gasteiger partial charge in [-0.05, 0) is 66.3 Å². The lowest BCUT2D eigenvalue weighted by Crippen LogP contribution is -2.14. The maximum atomic E-state index is 12.3. The Morgan fingerprint density at radius 1 is 0.848 bits per heavy atom. The Bertz CT molecular complexity index is 1270. The molecule has 0 spiro atoms. The molecule has 0 aliphatic heterocycles. The Morgan fingerprint density at radius 2 is 1.61 bits per heavy atom. The van der Waals surface area contributed by atoms with Crippen LogP contribution < -0.4 is 10.9 Å². The normalized spacial score (nSPS) is 11.2. The molecule has 33 heavy (non-hydrogen) atoms. The monoisotopic (exact) mass is 439 g/mol. The minimum atomic E-state index is -0.320. The first-order valence-electron chi connectivity index (χ1n) is 12.0. The zero-order chi connectivity index (χ0) is 23.2. The van der Waals surface area contributed by atoms with Crippen LogP contribution in [0.3, 0.4) is 0 Å². The molecule has 0 amide bonds. The SMILES string of the molecule is CCCCCCNCc1ccc(-c2c(C)cc3oc(=O)cc(-c4ccccc4)c3c2C)cc1. The second kappa shape index (κ2) is 10.6. The number of unbranched alkanes of at least 4 members (excludes halogenated alkanes) is 3. The zero-order valence-electron chi connectivity index (χ0n) is 19.9. The minimum absolute atomic E-state index is 0.320. The van der Waals surface area contributed by atoms with Crippen LogP contribution in [-0.2, 0) is 6.54 Å². The molecule has 170 valence electrons. The predicted octanol–water partition coefficient (Wildman–Crippen LogP) is 7.41. The maximum Gasteiger partial charge on any atom is 0.336 e. The molecule has 0 unspecified atom stereocenters. The van der Waals surface area contributed by atoms with Crippen molar-refractivity contribution in [3.8, 4) is 22.3 Å². The second-order valence-corrected chi connectivity index (χ2v) is 8.85. The Morgan fingerprint density at radius 3 is 2.33 bits per heavy atom. The van der Waals surface area contributed by atoms with Gasteiger partial charge in [-0.2, -0.15) is 0 Å². The number of hydrogen-bond acceptors (Lipinski definition) is 3. The zero-order valence-corrected chi connectivity index (χ0v) is 19.9. The molecule has 4 aromatic rings. The van der Waals surface area contributed by atoms with Crippen LogP contribution in [0, 0.1) is 13.8 Å². The summed E-state index contributed by atoms with van der Waals surface area (Å²) in [7, 11) is 0. The lowest BCUT2D eigenvalue weighted by atomic mass is 9.89. The molecule has 0 aliphatic rings. The summed E-state index contributed by atoms with van der Waals surface area (Å²) in [5, 5.41) is 4.55. The fourth-order valence-electron chi connectivity index (χ4n) is 4.68. The lowest BCUT2D eigenvalue weighted by molar-refractivity contribution is 0.561. The van der Waals surface area contributed by atoms with Gasteiger partial charge in [0.15, 0.2) is 0 Å². The third kappa shape index (κ3) is 5.26. The van der Waals surface area contributed by atoms with Crippen LogP contribution >= 0.6 is 0 Å². The van der Waals surface area contributed by atoms with Gasteiger partial charge in [0, 0.05) is 23.6 Å². The molecule has 3 aromatic carbocycles. The van der Waals surface area contributed by atoms with Crippen LogP contribution in [0.5, 0.6) is 0 Å². The summed E-state index contributed by atoms with van der Waals surface area (Å²) in [6.45, 7) is 8.42. The summed E-state index contributed by atoms with van der Waals surface area (Å²) in [4.78, 5) is 12.3. The van der Waals surface area contributed by atoms with Crippen molar-refractivity contribution >= 4 is 11.0 Å². The highest BCUT2D eigenvalue weighted by Crippen LogP contribution is 2.37. The van der Waals surface area contributed by atoms with Gasteiger partial charge in [-0.25, -0.2) is 4.79 Å². The number of nitrogens with one attached hydrogen (secondary N) is 1. The molecular formula is C30H33NO2. The first kappa shape index (κ1) is 23.0. The van der Waals surface area contributed by atoms with Crippen LogP contribution in [0.4, 0.5) is 0 Å². The van der Waals surface area contributed by atoms with Crippen molar-refractivity contribution in [1.29, 1.82) is 0 Å². The summed E-state index contributed by atoms with van der Waals surface area (Å²) in [6, 6.07) is 22.5. The van der Waals surface area contributed by atoms with E-state index in [0.717, 1.165) is 40.7 Å². The van der Waals surface area contributed by atoms with E-state index in [1.807, 2.05) is 36.4 Å². The highest BCUT2D eigenvalue weighted by atomic mass is 16.4. The second-order valence-electron chi connectivity index (χ2n) is 8.85. The van der Waals surface area contributed by atoms with Crippen molar-refractivity contribution in [3.05, 3.63) is 93.8 Å². The predicted molar refractivity (Wildman–Crippen MR) is 139 cm³/mol. The molecule has 1 N–H and O–H groups in total. The Balaban J connectivity index is 1.66. The summed E-state index contributed by atoms with van der Waals surface area (Å²) in [6.07, 6.45) is 5.12. The van der Waals surface area contributed by atoms with E-state index in [1.165, 1.54) is 42.4 Å². The molecule has 4 rings (SSSR count). The molecule has 0 fully saturated rings. The molecule has 0 radical (unpaired) electrons. The van der Waals surface area contributed by atoms with E-state index in [9.17, 15) is 4.79 Å². The van der Waals surface area contributed by atoms with Crippen molar-refractivity contribution in [1.82, 2.24) is 5.32 Å². The molecule has 1 aromatic heterocycles. The van der Waals surface area contributed by atoms with E-state index in [1.54, 1.807) is 6.07 Å². The molecule has 1 heterocycles. The van der Waals surface area contributed by atoms with Gasteiger partial charge in [-0.15, -0.1) is 0 Å². The fourth-order valence-corrected chi connectivity index (χ4v) is 4.68. The minimum Gasteiger partial charge on any atom is -0.423 e. The van der Waals surface area contributed by atoms with E-state index in [-0.39, 0.29) is 5.63 Å². The van der Waals surface area contributed by atoms with Crippen LogP contribution in [0.1, 0.15) is 49.3 Å². The molecule has 3 heteroatoms. The third-order valence-electron chi connectivity index (χ3n) is 6.34. The first-order valence-corrected chi connectivity index (χ1v) is 12.0. The van der Waals surface area contributed by atoms with E-state index in [2.05, 4.69) is 50.4 Å². The largest absolute Gasteiger partial charge is 0.423 e. The van der Waals surface area contributed by atoms with Gasteiger partial charge in [0.05, 0.1) is 0 Å². The molecule has 0 aliphatic carbocycles. The average molecular weight is 440 g/mol. The Kier molecular flexibility index (Phi) is 7.41. The number of rotatable bonds is 9. The van der Waals surface area contributed by atoms with E-state index in [0.29, 0.717) is 5.58 Å². The van der Waals surface area contributed by atoms with Gasteiger partial charge in [-0.3, -0.25) is 0 Å². The van der Waals surface area contributed by atoms with Gasteiger partial charge in [0.25, 0.3) is 0 Å². The van der Waals surface area contributed by atoms with Crippen molar-refractivity contribution in [3.63, 3.8) is 0 Å². The molecule has 3 nitrogen and oxygen atoms in total. The van der Waals surface area contributed by atoms with Crippen LogP contribution in [0.15, 0.2) is 75.9 Å². The summed E-state index contributed by atoms with van der Waals surface area (Å²) in [5.41, 5.74) is 8.18. The summed E-state index contributed by atoms with van der Waals surface area (Å²) >= 11 is 0. The summed E-state index contributed by atoms with van der Waals surface area (Å²) in [5.74, 6) is 0. The van der Waals surface area contributed by atoms with Crippen molar-refractivity contribution in [2.45, 2.75) is 53.0 Å². The Hall–Kier alpha value is -3.17. The topological polar surface area (TPSA) is 42.2 Å². The number of fused-ring (bicyclic) bond motifs is 1. The first-order chi connectivity index (χ1) is 16.1. The smallest absolute Gasteiger partial charge is 0.336 e. The number of hydrogen-bond donors (Lipinski definition) is 1. The van der Waals surface area contributed by atoms with Gasteiger partial charge < -0.3 is 9.73 Å². The van der Waals surface area contributed by atoms with Gasteiger partial charge in [-0.1, -0.05) is 80.8 Å². The van der Waals surface area contributed by atoms with E-state index >= 15 is 0 Å². The fraction of sp³-hybridized carbons (Fsp3) is 0.300. The van der Waals surface area contributed by atoms with Crippen molar-refractivity contribution in [2.75, 3.05) is 6.54 Å². The molecule has 0 saturated carbocycles. The van der Waals surface area contributed by atoms with Gasteiger partial charge in [0.1, 0.15) is 5.58 Å². The third-order valence-corrected chi connectivity index (χ3v) is 6.34. The lowest BCUT2D eigenvalue weighted by Gasteiger charge is -2.16. The molecule has 0 bridgehead atoms. The Labute approximate surface area is 196 Å². The van der Waals surface area contributed by atoms with Crippen LogP contribution in [0.2, 0.25) is 0 Å². The van der Waals surface area contributed by atoms with Gasteiger partial charge >= 0.3 is 5.63 Å². The summed E-state index contributed by atoms with van der Waals surface area (Å²) < 4.78 is 5.61. The molecule has 0 atom stereocenters. The molecular weight excluding hydrogens is 406 g/mol. The number of benzene rings is 3. The maximum absolute atomic E-state index is 12.3. The van der Waals surface area contributed by atoms with Crippen LogP contribution in [-0.4, -0.2) is 6.54 Å². The highest BCUT2D eigenvalue weighted by molar-refractivity contribution is 6.00. The highest BCUT2D eigenvalue weighted by Gasteiger charge is 2.16. The quantitative estimate of drug-likeness (QED) is 0.218. The van der Waals surface area contributed by atoms with Crippen LogP contribution in [0.25, 0.3) is 33.2 Å². The van der Waals surface area contributed by atoms with Crippen molar-refractivity contribution in [2.24, 2.45) is 0 Å². The van der Waals surface area contributed by atoms with E-state index < -0.39 is 0 Å². The van der Waals surface area contributed by atoms with Gasteiger partial charge in [0.2, 0.25) is 0 Å². The van der Waals surface area contributed by atoms with Crippen molar-refractivity contribution < 1.29 is 4.42 Å². The van der Waals surface area contributed by atoms with E-state index in [4.69, 9.17) is 4.42 Å². The molecule has 0 saturated heterocycles. The number of aryl methyl sites for hydroxylation is 2.